The Balaban J connectivity index is 1.80. The van der Waals surface area contributed by atoms with Crippen LogP contribution in [-0.2, 0) is 6.54 Å². The highest BCUT2D eigenvalue weighted by atomic mass is 32.1. The van der Waals surface area contributed by atoms with Crippen LogP contribution in [0.3, 0.4) is 0 Å². The van der Waals surface area contributed by atoms with Crippen molar-refractivity contribution in [2.75, 3.05) is 13.6 Å². The highest BCUT2D eigenvalue weighted by Crippen LogP contribution is 2.18. The molecule has 0 unspecified atom stereocenters. The number of aromatic nitrogens is 2. The predicted molar refractivity (Wildman–Crippen MR) is 86.0 cm³/mol. The normalized spacial score (nSPS) is 12.4. The predicted octanol–water partition coefficient (Wildman–Crippen LogP) is 3.20. The molecule has 2 rings (SSSR count). The molecule has 0 fully saturated rings. The molecule has 22 heavy (non-hydrogen) atoms. The zero-order valence-corrected chi connectivity index (χ0v) is 14.2. The van der Waals surface area contributed by atoms with Crippen LogP contribution in [0.1, 0.15) is 49.1 Å². The van der Waals surface area contributed by atoms with E-state index in [0.29, 0.717) is 24.8 Å². The van der Waals surface area contributed by atoms with Crippen molar-refractivity contribution in [3.63, 3.8) is 0 Å². The van der Waals surface area contributed by atoms with Crippen molar-refractivity contribution in [2.45, 2.75) is 39.2 Å². The zero-order chi connectivity index (χ0) is 16.1. The number of hydrogen-bond donors (Lipinski definition) is 1. The minimum atomic E-state index is -0.133. The SMILES string of the molecule is CC(C)c1cc(CNC(=O)N(C)C[C@H](C)c2nccs2)on1. The maximum Gasteiger partial charge on any atom is 0.317 e. The van der Waals surface area contributed by atoms with E-state index in [4.69, 9.17) is 4.52 Å². The summed E-state index contributed by atoms with van der Waals surface area (Å²) >= 11 is 1.61. The van der Waals surface area contributed by atoms with E-state index in [9.17, 15) is 4.79 Å². The fourth-order valence-electron chi connectivity index (χ4n) is 2.03. The van der Waals surface area contributed by atoms with Gasteiger partial charge in [0.15, 0.2) is 5.76 Å². The number of nitrogens with zero attached hydrogens (tertiary/aromatic N) is 3. The molecule has 7 heteroatoms. The summed E-state index contributed by atoms with van der Waals surface area (Å²) in [5, 5.41) is 9.80. The van der Waals surface area contributed by atoms with Crippen molar-refractivity contribution >= 4 is 17.4 Å². The fourth-order valence-corrected chi connectivity index (χ4v) is 2.72. The van der Waals surface area contributed by atoms with Crippen LogP contribution in [0, 0.1) is 0 Å². The first-order valence-electron chi connectivity index (χ1n) is 7.31. The van der Waals surface area contributed by atoms with Gasteiger partial charge >= 0.3 is 6.03 Å². The number of hydrogen-bond acceptors (Lipinski definition) is 5. The molecule has 0 spiro atoms. The summed E-state index contributed by atoms with van der Waals surface area (Å²) in [4.78, 5) is 18.0. The maximum atomic E-state index is 12.1. The largest absolute Gasteiger partial charge is 0.359 e. The molecule has 120 valence electrons. The van der Waals surface area contributed by atoms with Crippen molar-refractivity contribution in [1.29, 1.82) is 0 Å². The molecule has 1 atom stereocenters. The third-order valence-electron chi connectivity index (χ3n) is 3.35. The summed E-state index contributed by atoms with van der Waals surface area (Å²) in [6.07, 6.45) is 1.78. The van der Waals surface area contributed by atoms with Crippen LogP contribution >= 0.6 is 11.3 Å². The molecule has 6 nitrogen and oxygen atoms in total. The highest BCUT2D eigenvalue weighted by molar-refractivity contribution is 7.09. The molecule has 0 radical (unpaired) electrons. The first kappa shape index (κ1) is 16.5. The summed E-state index contributed by atoms with van der Waals surface area (Å²) in [6, 6.07) is 1.74. The molecule has 0 aliphatic carbocycles. The third-order valence-corrected chi connectivity index (χ3v) is 4.36. The molecular formula is C15H22N4O2S. The van der Waals surface area contributed by atoms with E-state index >= 15 is 0 Å². The van der Waals surface area contributed by atoms with Gasteiger partial charge in [0.1, 0.15) is 0 Å². The van der Waals surface area contributed by atoms with E-state index in [1.807, 2.05) is 25.3 Å². The Hall–Kier alpha value is -1.89. The Kier molecular flexibility index (Phi) is 5.54. The van der Waals surface area contributed by atoms with Crippen molar-refractivity contribution in [1.82, 2.24) is 20.4 Å². The van der Waals surface area contributed by atoms with Crippen LogP contribution in [0.2, 0.25) is 0 Å². The number of carbonyl (C=O) groups is 1. The Morgan fingerprint density at radius 3 is 2.82 bits per heavy atom. The molecular weight excluding hydrogens is 300 g/mol. The minimum absolute atomic E-state index is 0.133. The quantitative estimate of drug-likeness (QED) is 0.886. The standard InChI is InChI=1S/C15H22N4O2S/c1-10(2)13-7-12(21-18-13)8-17-15(20)19(4)9-11(3)14-16-5-6-22-14/h5-7,10-11H,8-9H2,1-4H3,(H,17,20)/t11-/m0/s1. The van der Waals surface area contributed by atoms with Crippen molar-refractivity contribution in [3.05, 3.63) is 34.1 Å². The molecule has 2 heterocycles. The lowest BCUT2D eigenvalue weighted by Gasteiger charge is -2.20. The lowest BCUT2D eigenvalue weighted by atomic mass is 10.1. The Labute approximate surface area is 134 Å². The Bertz CT molecular complexity index is 594. The molecule has 0 aliphatic heterocycles. The van der Waals surface area contributed by atoms with E-state index in [2.05, 4.69) is 22.4 Å². The number of urea groups is 1. The second-order valence-corrected chi connectivity index (χ2v) is 6.61. The van der Waals surface area contributed by atoms with Gasteiger partial charge in [0, 0.05) is 37.2 Å². The average Bonchev–Trinajstić information content (AvgIpc) is 3.15. The molecule has 0 bridgehead atoms. The number of likely N-dealkylation sites (N-methyl/N-ethyl adjacent to an activating group) is 1. The summed E-state index contributed by atoms with van der Waals surface area (Å²) in [5.41, 5.74) is 0.898. The van der Waals surface area contributed by atoms with E-state index in [1.54, 1.807) is 29.5 Å². The van der Waals surface area contributed by atoms with E-state index in [-0.39, 0.29) is 11.9 Å². The molecule has 2 aromatic rings. The topological polar surface area (TPSA) is 71.3 Å². The van der Waals surface area contributed by atoms with Gasteiger partial charge in [0.05, 0.1) is 17.2 Å². The molecule has 0 saturated heterocycles. The molecule has 0 saturated carbocycles. The summed E-state index contributed by atoms with van der Waals surface area (Å²) in [7, 11) is 1.78. The minimum Gasteiger partial charge on any atom is -0.359 e. The van der Waals surface area contributed by atoms with E-state index in [1.165, 1.54) is 0 Å². The van der Waals surface area contributed by atoms with Crippen LogP contribution < -0.4 is 5.32 Å². The number of thiazole rings is 1. The van der Waals surface area contributed by atoms with Crippen LogP contribution in [0.15, 0.2) is 22.2 Å². The molecule has 0 aromatic carbocycles. The van der Waals surface area contributed by atoms with Crippen LogP contribution in [0.4, 0.5) is 4.79 Å². The summed E-state index contributed by atoms with van der Waals surface area (Å²) < 4.78 is 5.20. The van der Waals surface area contributed by atoms with Gasteiger partial charge in [-0.25, -0.2) is 9.78 Å². The van der Waals surface area contributed by atoms with E-state index < -0.39 is 0 Å². The van der Waals surface area contributed by atoms with Gasteiger partial charge in [-0.1, -0.05) is 25.9 Å². The molecule has 2 amide bonds. The first-order chi connectivity index (χ1) is 10.5. The van der Waals surface area contributed by atoms with Gasteiger partial charge in [-0.15, -0.1) is 11.3 Å². The highest BCUT2D eigenvalue weighted by Gasteiger charge is 2.16. The van der Waals surface area contributed by atoms with Crippen LogP contribution in [0.25, 0.3) is 0 Å². The monoisotopic (exact) mass is 322 g/mol. The zero-order valence-electron chi connectivity index (χ0n) is 13.4. The Morgan fingerprint density at radius 1 is 1.45 bits per heavy atom. The number of rotatable bonds is 6. The number of nitrogens with one attached hydrogen (secondary N) is 1. The second-order valence-electron chi connectivity index (χ2n) is 5.68. The average molecular weight is 322 g/mol. The van der Waals surface area contributed by atoms with Crippen molar-refractivity contribution in [3.8, 4) is 0 Å². The van der Waals surface area contributed by atoms with Gasteiger partial charge in [0.25, 0.3) is 0 Å². The van der Waals surface area contributed by atoms with Crippen LogP contribution in [0.5, 0.6) is 0 Å². The lowest BCUT2D eigenvalue weighted by molar-refractivity contribution is 0.204. The van der Waals surface area contributed by atoms with Gasteiger partial charge < -0.3 is 14.7 Å². The van der Waals surface area contributed by atoms with Gasteiger partial charge in [-0.3, -0.25) is 0 Å². The third kappa shape index (κ3) is 4.30. The van der Waals surface area contributed by atoms with Crippen molar-refractivity contribution < 1.29 is 9.32 Å². The lowest BCUT2D eigenvalue weighted by Crippen LogP contribution is -2.38. The summed E-state index contributed by atoms with van der Waals surface area (Å²) in [5.74, 6) is 1.20. The number of carbonyl (C=O) groups excluding carboxylic acids is 1. The number of amides is 2. The van der Waals surface area contributed by atoms with E-state index in [0.717, 1.165) is 10.7 Å². The smallest absolute Gasteiger partial charge is 0.317 e. The van der Waals surface area contributed by atoms with Gasteiger partial charge in [0.2, 0.25) is 0 Å². The van der Waals surface area contributed by atoms with Gasteiger partial charge in [-0.05, 0) is 5.92 Å². The summed E-state index contributed by atoms with van der Waals surface area (Å²) in [6.45, 7) is 7.12. The first-order valence-corrected chi connectivity index (χ1v) is 8.19. The van der Waals surface area contributed by atoms with Crippen molar-refractivity contribution in [2.24, 2.45) is 0 Å². The fraction of sp³-hybridized carbons (Fsp3) is 0.533. The second kappa shape index (κ2) is 7.40. The molecule has 2 aromatic heterocycles. The molecule has 0 aliphatic rings. The maximum absolute atomic E-state index is 12.1. The Morgan fingerprint density at radius 2 is 2.23 bits per heavy atom. The van der Waals surface area contributed by atoms with Gasteiger partial charge in [-0.2, -0.15) is 0 Å². The van der Waals surface area contributed by atoms with Crippen LogP contribution in [-0.4, -0.2) is 34.7 Å². The molecule has 1 N–H and O–H groups in total.